The standard InChI is InChI=1S/C30H40N6O/c1-19(2)28-25-14-21(20-6-9-23(10-7-20)35-13-12-24(17-35)34(3)4)8-11-26(25)33-29(28)22-15-27(37-5)30-31-18-32-36(30)16-22/h8,11,14-16,18-20,23-24,33H,6-7,9-10,12-13,17H2,1-5H3. The summed E-state index contributed by atoms with van der Waals surface area (Å²) in [7, 11) is 6.14. The maximum Gasteiger partial charge on any atom is 0.197 e. The molecule has 1 aromatic carbocycles. The lowest BCUT2D eigenvalue weighted by Gasteiger charge is -2.35. The summed E-state index contributed by atoms with van der Waals surface area (Å²) in [6.45, 7) is 7.07. The second-order valence-corrected chi connectivity index (χ2v) is 11.6. The fraction of sp³-hybridized carbons (Fsp3) is 0.533. The van der Waals surface area contributed by atoms with Gasteiger partial charge in [0.25, 0.3) is 0 Å². The number of nitrogens with zero attached hydrogens (tertiary/aromatic N) is 5. The van der Waals surface area contributed by atoms with Gasteiger partial charge in [0.15, 0.2) is 11.4 Å². The second-order valence-electron chi connectivity index (χ2n) is 11.6. The van der Waals surface area contributed by atoms with Crippen molar-refractivity contribution in [1.29, 1.82) is 0 Å². The van der Waals surface area contributed by atoms with Crippen LogP contribution in [0.3, 0.4) is 0 Å². The highest BCUT2D eigenvalue weighted by Gasteiger charge is 2.32. The van der Waals surface area contributed by atoms with Crippen molar-refractivity contribution in [3.05, 3.63) is 47.9 Å². The highest BCUT2D eigenvalue weighted by molar-refractivity contribution is 5.92. The van der Waals surface area contributed by atoms with Gasteiger partial charge in [-0.3, -0.25) is 4.90 Å². The van der Waals surface area contributed by atoms with E-state index in [-0.39, 0.29) is 0 Å². The molecule has 3 aromatic heterocycles. The van der Waals surface area contributed by atoms with Gasteiger partial charge >= 0.3 is 0 Å². The van der Waals surface area contributed by atoms with Gasteiger partial charge in [-0.25, -0.2) is 9.50 Å². The average molecular weight is 501 g/mol. The summed E-state index contributed by atoms with van der Waals surface area (Å²) in [4.78, 5) is 13.2. The minimum absolute atomic E-state index is 0.381. The van der Waals surface area contributed by atoms with Crippen LogP contribution in [0.1, 0.15) is 68.9 Å². The number of pyridine rings is 1. The van der Waals surface area contributed by atoms with Gasteiger partial charge in [0.05, 0.1) is 12.8 Å². The van der Waals surface area contributed by atoms with Crippen molar-refractivity contribution in [2.45, 2.75) is 69.9 Å². The predicted molar refractivity (Wildman–Crippen MR) is 150 cm³/mol. The van der Waals surface area contributed by atoms with Gasteiger partial charge in [-0.05, 0) is 87.4 Å². The molecule has 1 unspecified atom stereocenters. The molecule has 7 nitrogen and oxygen atoms in total. The second kappa shape index (κ2) is 9.76. The maximum absolute atomic E-state index is 5.64. The molecule has 0 bridgehead atoms. The Kier molecular flexibility index (Phi) is 6.45. The molecule has 1 aliphatic heterocycles. The van der Waals surface area contributed by atoms with E-state index in [1.54, 1.807) is 18.0 Å². The molecule has 1 N–H and O–H groups in total. The van der Waals surface area contributed by atoms with Crippen LogP contribution >= 0.6 is 0 Å². The highest BCUT2D eigenvalue weighted by atomic mass is 16.5. The molecule has 7 heteroatoms. The van der Waals surface area contributed by atoms with Gasteiger partial charge in [-0.15, -0.1) is 0 Å². The lowest BCUT2D eigenvalue weighted by Crippen LogP contribution is -2.38. The fourth-order valence-corrected chi connectivity index (χ4v) is 6.79. The van der Waals surface area contributed by atoms with Crippen LogP contribution in [0.5, 0.6) is 5.75 Å². The quantitative estimate of drug-likeness (QED) is 0.370. The Morgan fingerprint density at radius 3 is 2.59 bits per heavy atom. The highest BCUT2D eigenvalue weighted by Crippen LogP contribution is 2.41. The summed E-state index contributed by atoms with van der Waals surface area (Å²) in [5.41, 5.74) is 7.00. The number of likely N-dealkylation sites (N-methyl/N-ethyl adjacent to an activating group) is 1. The van der Waals surface area contributed by atoms with Crippen LogP contribution in [0, 0.1) is 0 Å². The van der Waals surface area contributed by atoms with Crippen molar-refractivity contribution in [2.75, 3.05) is 34.3 Å². The van der Waals surface area contributed by atoms with E-state index in [9.17, 15) is 0 Å². The van der Waals surface area contributed by atoms with Crippen molar-refractivity contribution < 1.29 is 4.74 Å². The molecule has 0 spiro atoms. The Morgan fingerprint density at radius 2 is 1.89 bits per heavy atom. The van der Waals surface area contributed by atoms with E-state index in [4.69, 9.17) is 4.74 Å². The third kappa shape index (κ3) is 4.42. The number of hydrogen-bond acceptors (Lipinski definition) is 5. The smallest absolute Gasteiger partial charge is 0.197 e. The Hall–Kier alpha value is -2.90. The summed E-state index contributed by atoms with van der Waals surface area (Å²) in [6.07, 6.45) is 10.1. The van der Waals surface area contributed by atoms with Crippen molar-refractivity contribution in [2.24, 2.45) is 0 Å². The van der Waals surface area contributed by atoms with Crippen molar-refractivity contribution in [1.82, 2.24) is 29.4 Å². The number of H-pyrrole nitrogens is 1. The zero-order chi connectivity index (χ0) is 25.7. The molecule has 0 amide bonds. The van der Waals surface area contributed by atoms with Crippen LogP contribution in [0.2, 0.25) is 0 Å². The van der Waals surface area contributed by atoms with Gasteiger partial charge in [0.1, 0.15) is 6.33 Å². The predicted octanol–water partition coefficient (Wildman–Crippen LogP) is 5.67. The summed E-state index contributed by atoms with van der Waals surface area (Å²) in [5, 5.41) is 5.71. The SMILES string of the molecule is COc1cc(-c2[nH]c3ccc(C4CCC(N5CCC(N(C)C)C5)CC4)cc3c2C(C)C)cn2ncnc12. The Labute approximate surface area is 219 Å². The minimum atomic E-state index is 0.381. The molecule has 1 saturated carbocycles. The first kappa shape index (κ1) is 24.4. The summed E-state index contributed by atoms with van der Waals surface area (Å²) in [5.74, 6) is 1.76. The summed E-state index contributed by atoms with van der Waals surface area (Å²) >= 11 is 0. The van der Waals surface area contributed by atoms with Crippen molar-refractivity contribution in [3.8, 4) is 17.0 Å². The zero-order valence-corrected chi connectivity index (χ0v) is 22.9. The van der Waals surface area contributed by atoms with Gasteiger partial charge in [0.2, 0.25) is 0 Å². The molecule has 4 heterocycles. The number of rotatable bonds is 6. The molecule has 2 fully saturated rings. The molecule has 196 valence electrons. The molecule has 1 aliphatic carbocycles. The van der Waals surface area contributed by atoms with E-state index in [0.29, 0.717) is 11.8 Å². The van der Waals surface area contributed by atoms with E-state index < -0.39 is 0 Å². The molecular weight excluding hydrogens is 460 g/mol. The molecule has 4 aromatic rings. The molecular formula is C30H40N6O. The number of aromatic amines is 1. The third-order valence-electron chi connectivity index (χ3n) is 8.90. The van der Waals surface area contributed by atoms with E-state index in [0.717, 1.165) is 34.7 Å². The number of nitrogens with one attached hydrogen (secondary N) is 1. The molecule has 1 saturated heterocycles. The van der Waals surface area contributed by atoms with Crippen LogP contribution in [0.4, 0.5) is 0 Å². The largest absolute Gasteiger partial charge is 0.493 e. The van der Waals surface area contributed by atoms with Crippen molar-refractivity contribution in [3.63, 3.8) is 0 Å². The van der Waals surface area contributed by atoms with E-state index in [2.05, 4.69) is 77.1 Å². The van der Waals surface area contributed by atoms with Crippen molar-refractivity contribution >= 4 is 16.6 Å². The number of likely N-dealkylation sites (tertiary alicyclic amines) is 1. The van der Waals surface area contributed by atoms with Gasteiger partial charge < -0.3 is 14.6 Å². The normalized spacial score (nSPS) is 23.2. The number of fused-ring (bicyclic) bond motifs is 2. The van der Waals surface area contributed by atoms with Crippen LogP contribution < -0.4 is 4.74 Å². The molecule has 1 atom stereocenters. The van der Waals surface area contributed by atoms with Gasteiger partial charge in [-0.2, -0.15) is 5.10 Å². The number of ether oxygens (including phenoxy) is 1. The number of aromatic nitrogens is 4. The molecule has 2 aliphatic rings. The first-order valence-electron chi connectivity index (χ1n) is 13.9. The molecule has 6 rings (SSSR count). The van der Waals surface area contributed by atoms with E-state index >= 15 is 0 Å². The fourth-order valence-electron chi connectivity index (χ4n) is 6.79. The Morgan fingerprint density at radius 1 is 1.08 bits per heavy atom. The van der Waals surface area contributed by atoms with Crippen LogP contribution in [0.25, 0.3) is 27.8 Å². The Bertz CT molecular complexity index is 1390. The zero-order valence-electron chi connectivity index (χ0n) is 22.9. The lowest BCUT2D eigenvalue weighted by atomic mass is 9.80. The first-order valence-corrected chi connectivity index (χ1v) is 13.9. The number of benzene rings is 1. The number of hydrogen-bond donors (Lipinski definition) is 1. The van der Waals surface area contributed by atoms with E-state index in [1.807, 2.05) is 6.20 Å². The lowest BCUT2D eigenvalue weighted by molar-refractivity contribution is 0.168. The molecule has 37 heavy (non-hydrogen) atoms. The third-order valence-corrected chi connectivity index (χ3v) is 8.90. The van der Waals surface area contributed by atoms with Gasteiger partial charge in [0, 0.05) is 47.8 Å². The topological polar surface area (TPSA) is 61.7 Å². The summed E-state index contributed by atoms with van der Waals surface area (Å²) in [6, 6.07) is 10.7. The van der Waals surface area contributed by atoms with Crippen LogP contribution in [0.15, 0.2) is 36.8 Å². The van der Waals surface area contributed by atoms with E-state index in [1.165, 1.54) is 67.2 Å². The monoisotopic (exact) mass is 500 g/mol. The first-order chi connectivity index (χ1) is 17.9. The van der Waals surface area contributed by atoms with Gasteiger partial charge in [-0.1, -0.05) is 19.9 Å². The van der Waals surface area contributed by atoms with Crippen LogP contribution in [-0.4, -0.2) is 75.8 Å². The summed E-state index contributed by atoms with van der Waals surface area (Å²) < 4.78 is 7.44. The van der Waals surface area contributed by atoms with Crippen LogP contribution in [-0.2, 0) is 0 Å². The Balaban J connectivity index is 1.27. The molecule has 0 radical (unpaired) electrons. The average Bonchev–Trinajstić information content (AvgIpc) is 3.65. The minimum Gasteiger partial charge on any atom is -0.493 e. The number of methoxy groups -OCH3 is 1. The maximum atomic E-state index is 5.64.